The number of ether oxygens (including phenoxy) is 1. The summed E-state index contributed by atoms with van der Waals surface area (Å²) < 4.78 is 46.4. The Labute approximate surface area is 170 Å². The molecule has 2 heterocycles. The van der Waals surface area contributed by atoms with Gasteiger partial charge in [0.1, 0.15) is 35.4 Å². The van der Waals surface area contributed by atoms with Gasteiger partial charge in [0.25, 0.3) is 0 Å². The second-order valence-corrected chi connectivity index (χ2v) is 7.11. The van der Waals surface area contributed by atoms with Gasteiger partial charge >= 0.3 is 6.03 Å². The van der Waals surface area contributed by atoms with Crippen molar-refractivity contribution in [2.75, 3.05) is 13.1 Å². The summed E-state index contributed by atoms with van der Waals surface area (Å²) in [5.74, 6) is -1.70. The van der Waals surface area contributed by atoms with Crippen LogP contribution in [-0.4, -0.2) is 41.3 Å². The zero-order chi connectivity index (χ0) is 21.3. The van der Waals surface area contributed by atoms with Crippen LogP contribution in [0.5, 0.6) is 5.75 Å². The molecule has 0 bridgehead atoms. The van der Waals surface area contributed by atoms with Crippen molar-refractivity contribution in [1.82, 2.24) is 9.91 Å². The highest BCUT2D eigenvalue weighted by Gasteiger charge is 2.36. The maximum absolute atomic E-state index is 13.6. The van der Waals surface area contributed by atoms with E-state index in [-0.39, 0.29) is 24.2 Å². The Bertz CT molecular complexity index is 1030. The van der Waals surface area contributed by atoms with E-state index in [9.17, 15) is 18.0 Å². The molecule has 9 heteroatoms. The number of hydrazone groups is 1. The Morgan fingerprint density at radius 1 is 1.17 bits per heavy atom. The summed E-state index contributed by atoms with van der Waals surface area (Å²) in [5.41, 5.74) is 0.218. The number of amides is 2. The molecule has 154 valence electrons. The molecule has 0 saturated carbocycles. The van der Waals surface area contributed by atoms with Crippen molar-refractivity contribution in [3.8, 4) is 11.8 Å². The lowest BCUT2D eigenvalue weighted by Crippen LogP contribution is -2.40. The normalized spacial score (nSPS) is 20.5. The summed E-state index contributed by atoms with van der Waals surface area (Å²) in [6.07, 6.45) is 2.11. The van der Waals surface area contributed by atoms with Gasteiger partial charge in [-0.2, -0.15) is 10.4 Å². The second-order valence-electron chi connectivity index (χ2n) is 7.11. The standard InChI is InChI=1S/C21H17F3N4O2/c22-15-7-13(8-16(23)10-15)20-3-5-26-28(20)21(29)27-6-4-18(12-27)30-17-1-2-19(24)14(9-17)11-25/h1-2,5,7-10,18,20H,3-4,6,12H2. The summed E-state index contributed by atoms with van der Waals surface area (Å²) in [5, 5.41) is 14.2. The van der Waals surface area contributed by atoms with Crippen LogP contribution in [-0.2, 0) is 0 Å². The fourth-order valence-electron chi connectivity index (χ4n) is 3.64. The Balaban J connectivity index is 1.43. The van der Waals surface area contributed by atoms with Gasteiger partial charge in [-0.05, 0) is 29.8 Å². The van der Waals surface area contributed by atoms with Crippen molar-refractivity contribution in [2.45, 2.75) is 25.0 Å². The van der Waals surface area contributed by atoms with Crippen LogP contribution in [0.4, 0.5) is 18.0 Å². The third-order valence-corrected chi connectivity index (χ3v) is 5.07. The van der Waals surface area contributed by atoms with E-state index in [2.05, 4.69) is 5.10 Å². The molecule has 2 atom stereocenters. The first-order valence-corrected chi connectivity index (χ1v) is 9.37. The molecule has 2 aromatic carbocycles. The van der Waals surface area contributed by atoms with E-state index in [1.165, 1.54) is 35.5 Å². The summed E-state index contributed by atoms with van der Waals surface area (Å²) in [7, 11) is 0. The van der Waals surface area contributed by atoms with E-state index in [1.807, 2.05) is 0 Å². The number of carbonyl (C=O) groups is 1. The zero-order valence-electron chi connectivity index (χ0n) is 15.8. The van der Waals surface area contributed by atoms with Crippen LogP contribution in [0.3, 0.4) is 0 Å². The molecule has 0 aliphatic carbocycles. The van der Waals surface area contributed by atoms with Crippen LogP contribution in [0.1, 0.15) is 30.0 Å². The number of hydrogen-bond donors (Lipinski definition) is 0. The van der Waals surface area contributed by atoms with E-state index < -0.39 is 23.5 Å². The SMILES string of the molecule is N#Cc1cc(OC2CCN(C(=O)N3N=CCC3c3cc(F)cc(F)c3)C2)ccc1F. The summed E-state index contributed by atoms with van der Waals surface area (Å²) in [6.45, 7) is 0.681. The molecule has 2 amide bonds. The van der Waals surface area contributed by atoms with Crippen molar-refractivity contribution >= 4 is 12.2 Å². The molecule has 0 radical (unpaired) electrons. The third-order valence-electron chi connectivity index (χ3n) is 5.07. The van der Waals surface area contributed by atoms with Crippen molar-refractivity contribution in [1.29, 1.82) is 5.26 Å². The van der Waals surface area contributed by atoms with E-state index in [0.717, 1.165) is 12.1 Å². The average molecular weight is 414 g/mol. The number of carbonyl (C=O) groups excluding carboxylic acids is 1. The van der Waals surface area contributed by atoms with E-state index in [0.29, 0.717) is 30.7 Å². The first kappa shape index (κ1) is 19.8. The number of hydrogen-bond acceptors (Lipinski definition) is 4. The van der Waals surface area contributed by atoms with Crippen LogP contribution in [0.25, 0.3) is 0 Å². The van der Waals surface area contributed by atoms with Gasteiger partial charge in [-0.25, -0.2) is 23.0 Å². The van der Waals surface area contributed by atoms with Crippen molar-refractivity contribution in [2.24, 2.45) is 5.10 Å². The zero-order valence-corrected chi connectivity index (χ0v) is 15.8. The molecule has 2 unspecified atom stereocenters. The monoisotopic (exact) mass is 414 g/mol. The number of benzene rings is 2. The molecule has 1 saturated heterocycles. The van der Waals surface area contributed by atoms with Gasteiger partial charge in [-0.1, -0.05) is 0 Å². The molecule has 4 rings (SSSR count). The van der Waals surface area contributed by atoms with E-state index >= 15 is 0 Å². The fraction of sp³-hybridized carbons (Fsp3) is 0.286. The summed E-state index contributed by atoms with van der Waals surface area (Å²) in [6, 6.07) is 7.86. The molecular formula is C21H17F3N4O2. The van der Waals surface area contributed by atoms with Crippen LogP contribution in [0, 0.1) is 28.8 Å². The smallest absolute Gasteiger partial charge is 0.341 e. The predicted octanol–water partition coefficient (Wildman–Crippen LogP) is 3.98. The van der Waals surface area contributed by atoms with Gasteiger partial charge in [0.2, 0.25) is 0 Å². The van der Waals surface area contributed by atoms with E-state index in [4.69, 9.17) is 10.00 Å². The van der Waals surface area contributed by atoms with Crippen LogP contribution in [0.15, 0.2) is 41.5 Å². The van der Waals surface area contributed by atoms with Crippen LogP contribution < -0.4 is 4.74 Å². The van der Waals surface area contributed by atoms with Crippen LogP contribution in [0.2, 0.25) is 0 Å². The lowest BCUT2D eigenvalue weighted by atomic mass is 10.0. The van der Waals surface area contributed by atoms with Gasteiger partial charge < -0.3 is 9.64 Å². The Morgan fingerprint density at radius 3 is 2.67 bits per heavy atom. The maximum Gasteiger partial charge on any atom is 0.341 e. The minimum absolute atomic E-state index is 0.116. The van der Waals surface area contributed by atoms with Gasteiger partial charge in [-0.15, -0.1) is 0 Å². The first-order valence-electron chi connectivity index (χ1n) is 9.37. The number of likely N-dealkylation sites (tertiary alicyclic amines) is 1. The minimum Gasteiger partial charge on any atom is -0.488 e. The van der Waals surface area contributed by atoms with Gasteiger partial charge in [0, 0.05) is 37.7 Å². The topological polar surface area (TPSA) is 68.9 Å². The lowest BCUT2D eigenvalue weighted by Gasteiger charge is -2.27. The quantitative estimate of drug-likeness (QED) is 0.763. The molecule has 0 N–H and O–H groups in total. The fourth-order valence-corrected chi connectivity index (χ4v) is 3.64. The average Bonchev–Trinajstić information content (AvgIpc) is 3.38. The largest absolute Gasteiger partial charge is 0.488 e. The number of nitriles is 1. The molecule has 2 aliphatic heterocycles. The molecular weight excluding hydrogens is 397 g/mol. The maximum atomic E-state index is 13.6. The number of nitrogens with zero attached hydrogens (tertiary/aromatic N) is 4. The van der Waals surface area contributed by atoms with Gasteiger partial charge in [0.15, 0.2) is 0 Å². The molecule has 2 aromatic rings. The molecule has 1 fully saturated rings. The second kappa shape index (κ2) is 8.06. The highest BCUT2D eigenvalue weighted by Crippen LogP contribution is 2.31. The first-order chi connectivity index (χ1) is 14.4. The third kappa shape index (κ3) is 3.94. The molecule has 0 aromatic heterocycles. The highest BCUT2D eigenvalue weighted by atomic mass is 19.1. The van der Waals surface area contributed by atoms with Crippen LogP contribution >= 0.6 is 0 Å². The lowest BCUT2D eigenvalue weighted by molar-refractivity contribution is 0.142. The van der Waals surface area contributed by atoms with Crippen molar-refractivity contribution < 1.29 is 22.7 Å². The van der Waals surface area contributed by atoms with Crippen molar-refractivity contribution in [3.05, 3.63) is 65.0 Å². The minimum atomic E-state index is -0.713. The predicted molar refractivity (Wildman–Crippen MR) is 101 cm³/mol. The molecule has 6 nitrogen and oxygen atoms in total. The Hall–Kier alpha value is -3.54. The number of urea groups is 1. The van der Waals surface area contributed by atoms with E-state index in [1.54, 1.807) is 11.0 Å². The van der Waals surface area contributed by atoms with Crippen molar-refractivity contribution in [3.63, 3.8) is 0 Å². The molecule has 2 aliphatic rings. The molecule has 0 spiro atoms. The number of rotatable bonds is 3. The van der Waals surface area contributed by atoms with Gasteiger partial charge in [0.05, 0.1) is 18.2 Å². The highest BCUT2D eigenvalue weighted by molar-refractivity contribution is 5.78. The molecule has 30 heavy (non-hydrogen) atoms. The summed E-state index contributed by atoms with van der Waals surface area (Å²) in [4.78, 5) is 14.5. The number of halogens is 3. The Kier molecular flexibility index (Phi) is 5.31. The van der Waals surface area contributed by atoms with Gasteiger partial charge in [-0.3, -0.25) is 0 Å². The summed E-state index contributed by atoms with van der Waals surface area (Å²) >= 11 is 0. The Morgan fingerprint density at radius 2 is 1.93 bits per heavy atom.